The summed E-state index contributed by atoms with van der Waals surface area (Å²) in [4.78, 5) is 0. The maximum atomic E-state index is 12.7. The predicted molar refractivity (Wildman–Crippen MR) is 114 cm³/mol. The molecular formula is C24H42O2S. The van der Waals surface area contributed by atoms with Gasteiger partial charge in [0.25, 0.3) is 0 Å². The normalized spacial score (nSPS) is 39.3. The molecule has 3 unspecified atom stereocenters. The standard InChI is InChI=1S/C24H42O2S/c25-27(26)24-22(19-12-6-2-7-13-19)16-21(18-10-4-1-5-11-18)17-23(24)20-14-8-3-9-15-20/h18-24H,1-17H2,(H,25,26). The van der Waals surface area contributed by atoms with Gasteiger partial charge in [0, 0.05) is 0 Å². The molecule has 0 radical (unpaired) electrons. The molecule has 4 aliphatic rings. The summed E-state index contributed by atoms with van der Waals surface area (Å²) in [5, 5.41) is 0.0797. The van der Waals surface area contributed by atoms with Gasteiger partial charge >= 0.3 is 0 Å². The quantitative estimate of drug-likeness (QED) is 0.523. The summed E-state index contributed by atoms with van der Waals surface area (Å²) < 4.78 is 23.1. The lowest BCUT2D eigenvalue weighted by Gasteiger charge is -2.50. The zero-order chi connectivity index (χ0) is 18.6. The van der Waals surface area contributed by atoms with Crippen LogP contribution in [-0.4, -0.2) is 14.0 Å². The zero-order valence-electron chi connectivity index (χ0n) is 17.3. The molecule has 1 N–H and O–H groups in total. The molecule has 0 aromatic heterocycles. The van der Waals surface area contributed by atoms with Crippen molar-refractivity contribution in [2.45, 2.75) is 114 Å². The Hall–Kier alpha value is 0.110. The van der Waals surface area contributed by atoms with Gasteiger partial charge in [0.05, 0.1) is 5.25 Å². The molecule has 0 aromatic rings. The van der Waals surface area contributed by atoms with Gasteiger partial charge in [0.2, 0.25) is 0 Å². The summed E-state index contributed by atoms with van der Waals surface area (Å²) in [5.41, 5.74) is 0. The Labute approximate surface area is 169 Å². The monoisotopic (exact) mass is 394 g/mol. The van der Waals surface area contributed by atoms with Crippen molar-refractivity contribution >= 4 is 11.1 Å². The van der Waals surface area contributed by atoms with Crippen LogP contribution in [0.5, 0.6) is 0 Å². The minimum Gasteiger partial charge on any atom is -0.306 e. The van der Waals surface area contributed by atoms with E-state index in [0.29, 0.717) is 11.8 Å². The summed E-state index contributed by atoms with van der Waals surface area (Å²) in [6.07, 6.45) is 23.2. The van der Waals surface area contributed by atoms with E-state index < -0.39 is 11.1 Å². The van der Waals surface area contributed by atoms with Crippen molar-refractivity contribution in [2.75, 3.05) is 0 Å². The molecule has 4 fully saturated rings. The number of rotatable bonds is 4. The van der Waals surface area contributed by atoms with E-state index in [4.69, 9.17) is 0 Å². The van der Waals surface area contributed by atoms with Gasteiger partial charge in [-0.15, -0.1) is 0 Å². The molecule has 0 saturated heterocycles. The molecule has 3 atom stereocenters. The van der Waals surface area contributed by atoms with Gasteiger partial charge in [-0.1, -0.05) is 96.3 Å². The van der Waals surface area contributed by atoms with Crippen LogP contribution in [0.15, 0.2) is 0 Å². The lowest BCUT2D eigenvalue weighted by Crippen LogP contribution is -2.48. The Kier molecular flexibility index (Phi) is 7.35. The largest absolute Gasteiger partial charge is 0.306 e. The van der Waals surface area contributed by atoms with Gasteiger partial charge < -0.3 is 4.55 Å². The second kappa shape index (κ2) is 9.74. The van der Waals surface area contributed by atoms with Gasteiger partial charge in [0.15, 0.2) is 11.1 Å². The molecule has 2 nitrogen and oxygen atoms in total. The maximum Gasteiger partial charge on any atom is 0.156 e. The second-order valence-corrected chi connectivity index (χ2v) is 11.6. The van der Waals surface area contributed by atoms with Gasteiger partial charge in [-0.05, 0) is 48.3 Å². The van der Waals surface area contributed by atoms with Crippen molar-refractivity contribution in [3.63, 3.8) is 0 Å². The average molecular weight is 395 g/mol. The van der Waals surface area contributed by atoms with Crippen LogP contribution >= 0.6 is 0 Å². The summed E-state index contributed by atoms with van der Waals surface area (Å²) in [6, 6.07) is 0. The minimum absolute atomic E-state index is 0.0797. The second-order valence-electron chi connectivity index (χ2n) is 10.5. The van der Waals surface area contributed by atoms with Crippen molar-refractivity contribution in [3.05, 3.63) is 0 Å². The van der Waals surface area contributed by atoms with Gasteiger partial charge in [0.1, 0.15) is 0 Å². The molecule has 0 aliphatic heterocycles. The third-order valence-electron chi connectivity index (χ3n) is 9.05. The molecule has 4 aliphatic carbocycles. The van der Waals surface area contributed by atoms with E-state index in [0.717, 1.165) is 23.7 Å². The molecule has 0 aromatic carbocycles. The van der Waals surface area contributed by atoms with Crippen LogP contribution in [0.4, 0.5) is 0 Å². The van der Waals surface area contributed by atoms with Gasteiger partial charge in [-0.3, -0.25) is 0 Å². The van der Waals surface area contributed by atoms with E-state index in [-0.39, 0.29) is 5.25 Å². The van der Waals surface area contributed by atoms with Crippen molar-refractivity contribution in [1.82, 2.24) is 0 Å². The minimum atomic E-state index is -1.64. The van der Waals surface area contributed by atoms with Crippen LogP contribution in [-0.2, 0) is 11.1 Å². The first-order valence-corrected chi connectivity index (χ1v) is 13.5. The Morgan fingerprint density at radius 3 is 1.26 bits per heavy atom. The molecule has 0 bridgehead atoms. The molecular weight excluding hydrogens is 352 g/mol. The first kappa shape index (κ1) is 20.4. The van der Waals surface area contributed by atoms with E-state index in [2.05, 4.69) is 0 Å². The van der Waals surface area contributed by atoms with E-state index in [1.807, 2.05) is 0 Å². The molecule has 0 spiro atoms. The lowest BCUT2D eigenvalue weighted by atomic mass is 9.59. The van der Waals surface area contributed by atoms with Crippen molar-refractivity contribution in [1.29, 1.82) is 0 Å². The first-order valence-electron chi connectivity index (χ1n) is 12.3. The first-order chi connectivity index (χ1) is 13.2. The van der Waals surface area contributed by atoms with E-state index in [1.165, 1.54) is 109 Å². The van der Waals surface area contributed by atoms with Crippen LogP contribution in [0.2, 0.25) is 0 Å². The Balaban J connectivity index is 1.58. The lowest BCUT2D eigenvalue weighted by molar-refractivity contribution is 0.0480. The fourth-order valence-corrected chi connectivity index (χ4v) is 8.98. The van der Waals surface area contributed by atoms with Crippen LogP contribution in [0.1, 0.15) is 109 Å². The smallest absolute Gasteiger partial charge is 0.156 e. The third kappa shape index (κ3) is 4.82. The third-order valence-corrected chi connectivity index (χ3v) is 10.2. The molecule has 4 rings (SSSR count). The van der Waals surface area contributed by atoms with Crippen LogP contribution in [0, 0.1) is 35.5 Å². The molecule has 27 heavy (non-hydrogen) atoms. The number of hydrogen-bond donors (Lipinski definition) is 1. The Morgan fingerprint density at radius 2 is 0.889 bits per heavy atom. The molecule has 0 amide bonds. The zero-order valence-corrected chi connectivity index (χ0v) is 18.1. The molecule has 3 heteroatoms. The Morgan fingerprint density at radius 1 is 0.519 bits per heavy atom. The topological polar surface area (TPSA) is 37.3 Å². The highest BCUT2D eigenvalue weighted by Crippen LogP contribution is 2.52. The summed E-state index contributed by atoms with van der Waals surface area (Å²) in [6.45, 7) is 0. The van der Waals surface area contributed by atoms with Crippen LogP contribution in [0.3, 0.4) is 0 Å². The van der Waals surface area contributed by atoms with Crippen molar-refractivity contribution in [3.8, 4) is 0 Å². The van der Waals surface area contributed by atoms with E-state index in [9.17, 15) is 8.76 Å². The highest BCUT2D eigenvalue weighted by Gasteiger charge is 2.48. The van der Waals surface area contributed by atoms with Crippen LogP contribution < -0.4 is 0 Å². The SMILES string of the molecule is O=S(O)C1C(C2CCCCC2)CC(C2CCCCC2)CC1C1CCCCC1. The highest BCUT2D eigenvalue weighted by atomic mass is 32.2. The fraction of sp³-hybridized carbons (Fsp3) is 1.00. The molecule has 156 valence electrons. The van der Waals surface area contributed by atoms with E-state index >= 15 is 0 Å². The Bertz CT molecular complexity index is 447. The predicted octanol–water partition coefficient (Wildman–Crippen LogP) is 6.96. The number of hydrogen-bond acceptors (Lipinski definition) is 1. The fourth-order valence-electron chi connectivity index (χ4n) is 7.72. The van der Waals surface area contributed by atoms with E-state index in [1.54, 1.807) is 0 Å². The van der Waals surface area contributed by atoms with Crippen molar-refractivity contribution in [2.24, 2.45) is 35.5 Å². The summed E-state index contributed by atoms with van der Waals surface area (Å²) in [5.74, 6) is 4.30. The highest BCUT2D eigenvalue weighted by molar-refractivity contribution is 7.79. The van der Waals surface area contributed by atoms with Gasteiger partial charge in [-0.2, -0.15) is 0 Å². The average Bonchev–Trinajstić information content (AvgIpc) is 2.74. The van der Waals surface area contributed by atoms with Gasteiger partial charge in [-0.25, -0.2) is 4.21 Å². The summed E-state index contributed by atoms with van der Waals surface area (Å²) in [7, 11) is 0. The van der Waals surface area contributed by atoms with Crippen molar-refractivity contribution < 1.29 is 8.76 Å². The van der Waals surface area contributed by atoms with Crippen LogP contribution in [0.25, 0.3) is 0 Å². The molecule has 0 heterocycles. The molecule has 4 saturated carbocycles. The maximum absolute atomic E-state index is 12.7. The summed E-state index contributed by atoms with van der Waals surface area (Å²) >= 11 is -1.64.